The van der Waals surface area contributed by atoms with Crippen LogP contribution < -0.4 is 11.0 Å². The summed E-state index contributed by atoms with van der Waals surface area (Å²) in [5.41, 5.74) is 3.14. The minimum atomic E-state index is -3.84. The molecule has 0 radical (unpaired) electrons. The lowest BCUT2D eigenvalue weighted by molar-refractivity contribution is -0.201. The molecule has 1 fully saturated rings. The second-order valence-corrected chi connectivity index (χ2v) is 10.5. The number of sulfone groups is 1. The smallest absolute Gasteiger partial charge is 0.264 e. The van der Waals surface area contributed by atoms with Crippen LogP contribution in [0.5, 0.6) is 0 Å². The zero-order chi connectivity index (χ0) is 23.4. The minimum absolute atomic E-state index is 0.000546. The SMILES string of the molecule is C[C@@](CCn1ccc(-c2ccc(F)cc2)cc1=O)(C(=O)NOC1CCCCO1)S(C)(=O)=O. The van der Waals surface area contributed by atoms with E-state index in [0.29, 0.717) is 24.2 Å². The number of pyridine rings is 1. The molecule has 1 aliphatic heterocycles. The van der Waals surface area contributed by atoms with Gasteiger partial charge in [-0.05, 0) is 55.5 Å². The summed E-state index contributed by atoms with van der Waals surface area (Å²) in [6, 6.07) is 8.80. The molecule has 174 valence electrons. The Kier molecular flexibility index (Phi) is 7.47. The predicted octanol–water partition coefficient (Wildman–Crippen LogP) is 2.42. The van der Waals surface area contributed by atoms with Crippen LogP contribution >= 0.6 is 0 Å². The predicted molar refractivity (Wildman–Crippen MR) is 117 cm³/mol. The Hall–Kier alpha value is -2.56. The van der Waals surface area contributed by atoms with Crippen molar-refractivity contribution < 1.29 is 27.2 Å². The fraction of sp³-hybridized carbons (Fsp3) is 0.455. The summed E-state index contributed by atoms with van der Waals surface area (Å²) in [4.78, 5) is 30.5. The molecule has 1 aromatic carbocycles. The third kappa shape index (κ3) is 5.62. The number of hydrogen-bond acceptors (Lipinski definition) is 6. The Morgan fingerprint density at radius 1 is 1.25 bits per heavy atom. The van der Waals surface area contributed by atoms with Crippen LogP contribution in [-0.2, 0) is 30.8 Å². The molecule has 2 heterocycles. The number of amides is 1. The highest BCUT2D eigenvalue weighted by Crippen LogP contribution is 2.23. The van der Waals surface area contributed by atoms with E-state index >= 15 is 0 Å². The normalized spacial score (nSPS) is 18.7. The van der Waals surface area contributed by atoms with Gasteiger partial charge in [0.15, 0.2) is 20.9 Å². The first kappa shape index (κ1) is 24.1. The van der Waals surface area contributed by atoms with Crippen molar-refractivity contribution in [3.63, 3.8) is 0 Å². The number of ether oxygens (including phenoxy) is 1. The van der Waals surface area contributed by atoms with E-state index in [4.69, 9.17) is 9.57 Å². The lowest BCUT2D eigenvalue weighted by Gasteiger charge is -2.28. The molecule has 1 aromatic heterocycles. The van der Waals surface area contributed by atoms with Crippen molar-refractivity contribution in [2.75, 3.05) is 12.9 Å². The molecule has 32 heavy (non-hydrogen) atoms. The summed E-state index contributed by atoms with van der Waals surface area (Å²) in [6.45, 7) is 1.82. The highest BCUT2D eigenvalue weighted by Gasteiger charge is 2.44. The quantitative estimate of drug-likeness (QED) is 0.600. The summed E-state index contributed by atoms with van der Waals surface area (Å²) in [7, 11) is -3.84. The summed E-state index contributed by atoms with van der Waals surface area (Å²) >= 11 is 0. The topological polar surface area (TPSA) is 104 Å². The Morgan fingerprint density at radius 3 is 2.56 bits per heavy atom. The maximum absolute atomic E-state index is 13.1. The van der Waals surface area contributed by atoms with E-state index in [0.717, 1.165) is 19.1 Å². The molecule has 1 aliphatic rings. The average Bonchev–Trinajstić information content (AvgIpc) is 2.76. The number of rotatable bonds is 8. The molecule has 10 heteroatoms. The number of benzene rings is 1. The van der Waals surface area contributed by atoms with Crippen molar-refractivity contribution in [3.05, 3.63) is 58.8 Å². The number of aryl methyl sites for hydroxylation is 1. The molecule has 8 nitrogen and oxygen atoms in total. The van der Waals surface area contributed by atoms with Gasteiger partial charge in [-0.3, -0.25) is 9.59 Å². The maximum atomic E-state index is 13.1. The van der Waals surface area contributed by atoms with Gasteiger partial charge in [-0.25, -0.2) is 23.1 Å². The molecule has 1 unspecified atom stereocenters. The van der Waals surface area contributed by atoms with Crippen LogP contribution in [0.1, 0.15) is 32.6 Å². The van der Waals surface area contributed by atoms with Crippen LogP contribution in [0, 0.1) is 5.82 Å². The number of nitrogens with one attached hydrogen (secondary N) is 1. The molecule has 1 amide bonds. The highest BCUT2D eigenvalue weighted by molar-refractivity contribution is 7.92. The standard InChI is InChI=1S/C22H27FN2O6S/c1-22(32(2,28)29,21(27)24-31-20-5-3-4-14-30-20)11-13-25-12-10-17(15-19(25)26)16-6-8-18(23)9-7-16/h6-10,12,15,20H,3-5,11,13-14H2,1-2H3,(H,24,27)/t20?,22-/m1/s1. The maximum Gasteiger partial charge on any atom is 0.264 e. The van der Waals surface area contributed by atoms with Crippen molar-refractivity contribution in [2.45, 2.75) is 50.2 Å². The Morgan fingerprint density at radius 2 is 1.97 bits per heavy atom. The lowest BCUT2D eigenvalue weighted by atomic mass is 10.1. The molecule has 0 spiro atoms. The zero-order valence-electron chi connectivity index (χ0n) is 18.0. The molecule has 1 saturated heterocycles. The number of hydroxylamine groups is 1. The summed E-state index contributed by atoms with van der Waals surface area (Å²) < 4.78 is 42.9. The third-order valence-corrected chi connectivity index (χ3v) is 7.75. The van der Waals surface area contributed by atoms with Crippen LogP contribution in [0.4, 0.5) is 4.39 Å². The number of hydrogen-bond donors (Lipinski definition) is 1. The Labute approximate surface area is 186 Å². The molecule has 0 bridgehead atoms. The van der Waals surface area contributed by atoms with Crippen LogP contribution in [0.25, 0.3) is 11.1 Å². The summed E-state index contributed by atoms with van der Waals surface area (Å²) in [6.07, 6.45) is 4.15. The van der Waals surface area contributed by atoms with Crippen molar-refractivity contribution >= 4 is 15.7 Å². The summed E-state index contributed by atoms with van der Waals surface area (Å²) in [5, 5.41) is 0. The first-order valence-electron chi connectivity index (χ1n) is 10.3. The van der Waals surface area contributed by atoms with E-state index in [1.807, 2.05) is 0 Å². The van der Waals surface area contributed by atoms with Gasteiger partial charge in [0, 0.05) is 38.1 Å². The fourth-order valence-electron chi connectivity index (χ4n) is 3.35. The van der Waals surface area contributed by atoms with E-state index in [1.165, 1.54) is 35.9 Å². The highest BCUT2D eigenvalue weighted by atomic mass is 32.2. The van der Waals surface area contributed by atoms with Gasteiger partial charge in [-0.1, -0.05) is 12.1 Å². The number of carbonyl (C=O) groups is 1. The molecule has 1 N–H and O–H groups in total. The van der Waals surface area contributed by atoms with Gasteiger partial charge >= 0.3 is 0 Å². The summed E-state index contributed by atoms with van der Waals surface area (Å²) in [5.74, 6) is -1.19. The molecular weight excluding hydrogens is 439 g/mol. The van der Waals surface area contributed by atoms with Gasteiger partial charge in [0.25, 0.3) is 11.5 Å². The minimum Gasteiger partial charge on any atom is -0.350 e. The van der Waals surface area contributed by atoms with Crippen LogP contribution in [0.3, 0.4) is 0 Å². The fourth-order valence-corrected chi connectivity index (χ4v) is 4.19. The lowest BCUT2D eigenvalue weighted by Crippen LogP contribution is -2.51. The van der Waals surface area contributed by atoms with Gasteiger partial charge in [0.05, 0.1) is 0 Å². The molecule has 0 saturated carbocycles. The monoisotopic (exact) mass is 466 g/mol. The van der Waals surface area contributed by atoms with E-state index in [1.54, 1.807) is 18.2 Å². The van der Waals surface area contributed by atoms with Crippen LogP contribution in [0.15, 0.2) is 47.4 Å². The average molecular weight is 467 g/mol. The van der Waals surface area contributed by atoms with Crippen molar-refractivity contribution in [1.29, 1.82) is 0 Å². The van der Waals surface area contributed by atoms with E-state index in [-0.39, 0.29) is 24.3 Å². The second kappa shape index (κ2) is 9.93. The van der Waals surface area contributed by atoms with E-state index in [2.05, 4.69) is 5.48 Å². The van der Waals surface area contributed by atoms with Crippen LogP contribution in [-0.4, -0.2) is 42.8 Å². The van der Waals surface area contributed by atoms with Gasteiger partial charge in [-0.15, -0.1) is 0 Å². The van der Waals surface area contributed by atoms with Gasteiger partial charge < -0.3 is 9.30 Å². The van der Waals surface area contributed by atoms with Gasteiger partial charge in [-0.2, -0.15) is 0 Å². The molecule has 0 aliphatic carbocycles. The van der Waals surface area contributed by atoms with Crippen molar-refractivity contribution in [3.8, 4) is 11.1 Å². The third-order valence-electron chi connectivity index (χ3n) is 5.72. The number of halogens is 1. The molecular formula is C22H27FN2O6S. The van der Waals surface area contributed by atoms with Crippen molar-refractivity contribution in [2.24, 2.45) is 0 Å². The first-order valence-corrected chi connectivity index (χ1v) is 12.2. The number of nitrogens with zero attached hydrogens (tertiary/aromatic N) is 1. The van der Waals surface area contributed by atoms with E-state index in [9.17, 15) is 22.4 Å². The largest absolute Gasteiger partial charge is 0.350 e. The van der Waals surface area contributed by atoms with E-state index < -0.39 is 26.8 Å². The number of aromatic nitrogens is 1. The number of carbonyl (C=O) groups excluding carboxylic acids is 1. The van der Waals surface area contributed by atoms with Crippen molar-refractivity contribution in [1.82, 2.24) is 10.0 Å². The van der Waals surface area contributed by atoms with Crippen LogP contribution in [0.2, 0.25) is 0 Å². The molecule has 2 aromatic rings. The first-order chi connectivity index (χ1) is 15.1. The zero-order valence-corrected chi connectivity index (χ0v) is 18.9. The molecule has 3 rings (SSSR count). The Bertz CT molecular complexity index is 1110. The second-order valence-electron chi connectivity index (χ2n) is 8.05. The molecule has 2 atom stereocenters. The van der Waals surface area contributed by atoms with Gasteiger partial charge in [0.2, 0.25) is 0 Å². The Balaban J connectivity index is 1.71. The van der Waals surface area contributed by atoms with Gasteiger partial charge in [0.1, 0.15) is 5.82 Å².